The zero-order valence-electron chi connectivity index (χ0n) is 30.8. The van der Waals surface area contributed by atoms with Gasteiger partial charge in [0.05, 0.1) is 0 Å². The molecule has 0 spiro atoms. The molecular weight excluding hydrogens is 544 g/mol. The highest BCUT2D eigenvalue weighted by Crippen LogP contribution is 2.30. The molecule has 0 aromatic heterocycles. The van der Waals surface area contributed by atoms with E-state index in [0.29, 0.717) is 0 Å². The molecule has 0 bridgehead atoms. The van der Waals surface area contributed by atoms with Crippen molar-refractivity contribution in [1.82, 2.24) is 0 Å². The largest absolute Gasteiger partial charge is 0.457 e. The lowest BCUT2D eigenvalue weighted by atomic mass is 9.78. The van der Waals surface area contributed by atoms with Gasteiger partial charge in [-0.1, -0.05) is 216 Å². The van der Waals surface area contributed by atoms with Crippen molar-refractivity contribution in [2.24, 2.45) is 0 Å². The zero-order chi connectivity index (χ0) is 34.8. The van der Waals surface area contributed by atoms with Gasteiger partial charge in [0.25, 0.3) is 0 Å². The molecule has 0 radical (unpaired) electrons. The minimum Gasteiger partial charge on any atom is -0.457 e. The first kappa shape index (κ1) is 45.3. The normalized spacial score (nSPS) is 8.56. The van der Waals surface area contributed by atoms with E-state index in [0.717, 1.165) is 11.5 Å². The molecule has 0 aliphatic heterocycles. The van der Waals surface area contributed by atoms with Crippen LogP contribution in [0.4, 0.5) is 0 Å². The Hall–Kier alpha value is -4.10. The topological polar surface area (TPSA) is 9.23 Å². The van der Waals surface area contributed by atoms with Crippen molar-refractivity contribution in [2.75, 3.05) is 0 Å². The van der Waals surface area contributed by atoms with E-state index in [-0.39, 0.29) is 5.41 Å². The maximum Gasteiger partial charge on any atom is 0.127 e. The molecule has 0 aliphatic carbocycles. The van der Waals surface area contributed by atoms with Gasteiger partial charge in [0, 0.05) is 5.41 Å². The van der Waals surface area contributed by atoms with Crippen molar-refractivity contribution in [3.05, 3.63) is 168 Å². The molecular formula is C44H64O. The monoisotopic (exact) mass is 608 g/mol. The Bertz CT molecular complexity index is 1120. The fraction of sp³-hybridized carbons (Fsp3) is 0.318. The van der Waals surface area contributed by atoms with Crippen molar-refractivity contribution in [2.45, 2.75) is 95.4 Å². The van der Waals surface area contributed by atoms with Gasteiger partial charge in [-0.25, -0.2) is 0 Å². The van der Waals surface area contributed by atoms with Crippen LogP contribution in [-0.2, 0) is 5.41 Å². The molecule has 0 amide bonds. The number of ether oxygens (including phenoxy) is 1. The highest BCUT2D eigenvalue weighted by molar-refractivity contribution is 5.37. The molecule has 0 N–H and O–H groups in total. The number of para-hydroxylation sites is 2. The molecule has 0 saturated carbocycles. The molecule has 0 saturated heterocycles. The van der Waals surface area contributed by atoms with Crippen LogP contribution in [0.15, 0.2) is 152 Å². The van der Waals surface area contributed by atoms with E-state index < -0.39 is 0 Å². The van der Waals surface area contributed by atoms with Crippen LogP contribution in [0.5, 0.6) is 11.5 Å². The Morgan fingerprint density at radius 2 is 0.556 bits per heavy atom. The number of aryl methyl sites for hydroxylation is 1. The number of hydrogen-bond acceptors (Lipinski definition) is 1. The average Bonchev–Trinajstić information content (AvgIpc) is 3.15. The third kappa shape index (κ3) is 21.3. The summed E-state index contributed by atoms with van der Waals surface area (Å²) in [6.45, 7) is 26.6. The fourth-order valence-electron chi connectivity index (χ4n) is 3.52. The molecule has 5 aromatic carbocycles. The van der Waals surface area contributed by atoms with Gasteiger partial charge >= 0.3 is 0 Å². The van der Waals surface area contributed by atoms with Gasteiger partial charge in [0.15, 0.2) is 0 Å². The summed E-state index contributed by atoms with van der Waals surface area (Å²) in [5.41, 5.74) is 4.12. The highest BCUT2D eigenvalue weighted by Gasteiger charge is 2.21. The first-order chi connectivity index (χ1) is 22.1. The third-order valence-electron chi connectivity index (χ3n) is 5.65. The Labute approximate surface area is 279 Å². The van der Waals surface area contributed by atoms with Crippen LogP contribution >= 0.6 is 0 Å². The SMILES string of the molecule is CC.CC.CC.CC.CC.CC(C)(c1ccccc1)c1ccccc1.Cc1ccccc1.c1ccc(Oc2ccccc2)cc1. The van der Waals surface area contributed by atoms with Crippen molar-refractivity contribution >= 4 is 0 Å². The van der Waals surface area contributed by atoms with E-state index in [2.05, 4.69) is 93.6 Å². The minimum atomic E-state index is 0.0858. The van der Waals surface area contributed by atoms with Gasteiger partial charge in [-0.2, -0.15) is 0 Å². The van der Waals surface area contributed by atoms with Crippen LogP contribution in [0.25, 0.3) is 0 Å². The summed E-state index contributed by atoms with van der Waals surface area (Å²) in [4.78, 5) is 0. The molecule has 45 heavy (non-hydrogen) atoms. The fourth-order valence-corrected chi connectivity index (χ4v) is 3.52. The summed E-state index contributed by atoms with van der Waals surface area (Å²) in [5, 5.41) is 0. The molecule has 0 fully saturated rings. The van der Waals surface area contributed by atoms with Crippen LogP contribution < -0.4 is 4.74 Å². The van der Waals surface area contributed by atoms with Crippen LogP contribution in [0, 0.1) is 6.92 Å². The Morgan fingerprint density at radius 3 is 0.778 bits per heavy atom. The molecule has 0 atom stereocenters. The van der Waals surface area contributed by atoms with E-state index in [1.54, 1.807) is 0 Å². The predicted octanol–water partition coefficient (Wildman–Crippen LogP) is 14.6. The van der Waals surface area contributed by atoms with Gasteiger partial charge in [-0.15, -0.1) is 0 Å². The van der Waals surface area contributed by atoms with Gasteiger partial charge in [-0.05, 0) is 42.3 Å². The van der Waals surface area contributed by atoms with Crippen molar-refractivity contribution in [1.29, 1.82) is 0 Å². The van der Waals surface area contributed by atoms with E-state index in [1.807, 2.05) is 148 Å². The van der Waals surface area contributed by atoms with Crippen molar-refractivity contribution < 1.29 is 4.74 Å². The molecule has 0 heterocycles. The molecule has 246 valence electrons. The Morgan fingerprint density at radius 1 is 0.333 bits per heavy atom. The molecule has 1 nitrogen and oxygen atoms in total. The molecule has 5 rings (SSSR count). The summed E-state index contributed by atoms with van der Waals surface area (Å²) < 4.78 is 5.58. The van der Waals surface area contributed by atoms with Crippen molar-refractivity contribution in [3.63, 3.8) is 0 Å². The lowest BCUT2D eigenvalue weighted by molar-refractivity contribution is 0.482. The minimum absolute atomic E-state index is 0.0858. The summed E-state index contributed by atoms with van der Waals surface area (Å²) in [5.74, 6) is 1.74. The Kier molecular flexibility index (Phi) is 33.0. The maximum atomic E-state index is 5.58. The first-order valence-electron chi connectivity index (χ1n) is 17.0. The quantitative estimate of drug-likeness (QED) is 0.197. The van der Waals surface area contributed by atoms with Gasteiger partial charge in [0.2, 0.25) is 0 Å². The van der Waals surface area contributed by atoms with Crippen LogP contribution in [0.3, 0.4) is 0 Å². The van der Waals surface area contributed by atoms with Crippen molar-refractivity contribution in [3.8, 4) is 11.5 Å². The van der Waals surface area contributed by atoms with Crippen LogP contribution in [-0.4, -0.2) is 0 Å². The lowest BCUT2D eigenvalue weighted by Gasteiger charge is -2.25. The smallest absolute Gasteiger partial charge is 0.127 e. The first-order valence-corrected chi connectivity index (χ1v) is 17.0. The molecule has 1 heteroatoms. The second-order valence-electron chi connectivity index (χ2n) is 8.74. The number of hydrogen-bond donors (Lipinski definition) is 0. The summed E-state index contributed by atoms with van der Waals surface area (Å²) in [6, 6.07) is 51.0. The maximum absolute atomic E-state index is 5.58. The predicted molar refractivity (Wildman–Crippen MR) is 206 cm³/mol. The zero-order valence-corrected chi connectivity index (χ0v) is 30.8. The number of benzene rings is 5. The van der Waals surface area contributed by atoms with Gasteiger partial charge in [-0.3, -0.25) is 0 Å². The lowest BCUT2D eigenvalue weighted by Crippen LogP contribution is -2.18. The van der Waals surface area contributed by atoms with Crippen LogP contribution in [0.1, 0.15) is 99.8 Å². The van der Waals surface area contributed by atoms with E-state index >= 15 is 0 Å². The molecule has 0 aliphatic rings. The standard InChI is InChI=1S/C15H16.C12H10O.C7H8.5C2H6/c1-15(2,13-9-5-3-6-10-13)14-11-7-4-8-12-14;1-3-7-11(8-4-1)13-12-9-5-2-6-10-12;1-7-5-3-2-4-6-7;5*1-2/h3-12H,1-2H3;1-10H;2-6H,1H3;5*1-2H3. The Balaban J connectivity index is -0.000000534. The van der Waals surface area contributed by atoms with Gasteiger partial charge in [0.1, 0.15) is 11.5 Å². The average molecular weight is 609 g/mol. The molecule has 0 unspecified atom stereocenters. The van der Waals surface area contributed by atoms with E-state index in [4.69, 9.17) is 4.74 Å². The highest BCUT2D eigenvalue weighted by atomic mass is 16.5. The summed E-state index contributed by atoms with van der Waals surface area (Å²) in [7, 11) is 0. The number of rotatable bonds is 4. The van der Waals surface area contributed by atoms with E-state index in [9.17, 15) is 0 Å². The van der Waals surface area contributed by atoms with Gasteiger partial charge < -0.3 is 4.74 Å². The summed E-state index contributed by atoms with van der Waals surface area (Å²) >= 11 is 0. The molecule has 5 aromatic rings. The van der Waals surface area contributed by atoms with E-state index in [1.165, 1.54) is 16.7 Å². The second-order valence-corrected chi connectivity index (χ2v) is 8.74. The summed E-state index contributed by atoms with van der Waals surface area (Å²) in [6.07, 6.45) is 0. The second kappa shape index (κ2) is 32.8. The third-order valence-corrected chi connectivity index (χ3v) is 5.65. The van der Waals surface area contributed by atoms with Crippen LogP contribution in [0.2, 0.25) is 0 Å².